The van der Waals surface area contributed by atoms with Crippen LogP contribution in [0.2, 0.25) is 0 Å². The van der Waals surface area contributed by atoms with Gasteiger partial charge in [0.05, 0.1) is 33.8 Å². The molecule has 0 unspecified atom stereocenters. The van der Waals surface area contributed by atoms with Crippen LogP contribution in [-0.2, 0) is 17.8 Å². The summed E-state index contributed by atoms with van der Waals surface area (Å²) in [6, 6.07) is 11.6. The molecule has 4 aromatic carbocycles. The predicted octanol–water partition coefficient (Wildman–Crippen LogP) is 10.2. The maximum absolute atomic E-state index is 14.6. The highest BCUT2D eigenvalue weighted by molar-refractivity contribution is 5.90. The molecule has 0 saturated heterocycles. The molecule has 4 aromatic rings. The normalized spacial score (nSPS) is 14.6. The minimum atomic E-state index is -5.58. The van der Waals surface area contributed by atoms with Crippen molar-refractivity contribution >= 4 is 17.1 Å². The summed E-state index contributed by atoms with van der Waals surface area (Å²) in [4.78, 5) is 0.754. The van der Waals surface area contributed by atoms with Crippen LogP contribution in [0.15, 0.2) is 60.7 Å². The Morgan fingerprint density at radius 1 is 0.561 bits per heavy atom. The lowest BCUT2D eigenvalue weighted by molar-refractivity contribution is -0.141. The van der Waals surface area contributed by atoms with E-state index in [2.05, 4.69) is 0 Å². The summed E-state index contributed by atoms with van der Waals surface area (Å²) in [6.45, 7) is 3.48. The maximum Gasteiger partial charge on any atom is 0.418 e. The molecule has 0 N–H and O–H groups in total. The van der Waals surface area contributed by atoms with E-state index in [0.29, 0.717) is 11.1 Å². The Morgan fingerprint density at radius 2 is 0.927 bits per heavy atom. The molecule has 0 aliphatic carbocycles. The van der Waals surface area contributed by atoms with Crippen LogP contribution in [0.25, 0.3) is 11.1 Å². The van der Waals surface area contributed by atoms with Crippen molar-refractivity contribution in [3.05, 3.63) is 112 Å². The Bertz CT molecular complexity index is 1590. The minimum absolute atomic E-state index is 0.0313. The highest BCUT2D eigenvalue weighted by Gasteiger charge is 2.47. The third-order valence-electron chi connectivity index (χ3n) is 7.08. The van der Waals surface area contributed by atoms with E-state index in [1.807, 2.05) is 0 Å². The molecule has 0 saturated carbocycles. The number of alkyl halides is 6. The number of halogens is 11. The molecule has 0 fully saturated rings. The molecule has 1 nitrogen and oxygen atoms in total. The second-order valence-electron chi connectivity index (χ2n) is 9.86. The highest BCUT2D eigenvalue weighted by Crippen LogP contribution is 2.57. The lowest BCUT2D eigenvalue weighted by Crippen LogP contribution is -2.32. The molecule has 5 rings (SSSR count). The molecule has 41 heavy (non-hydrogen) atoms. The molecule has 1 aliphatic heterocycles. The van der Waals surface area contributed by atoms with E-state index in [0.717, 1.165) is 4.90 Å². The van der Waals surface area contributed by atoms with Crippen LogP contribution in [0.3, 0.4) is 0 Å². The standard InChI is InChI=1S/C29H16F11N/c1-27(2)14-7-3-5-9-18(14)41(19-10-6-4-8-15(19)27)26-16(28(35,36)37)11-13(12-17(26)29(38,39)40)20-21(30)23(32)25(34)24(33)22(20)31/h3-12H,1-2H3. The van der Waals surface area contributed by atoms with Crippen LogP contribution in [0.4, 0.5) is 65.4 Å². The first-order valence-electron chi connectivity index (χ1n) is 11.8. The second-order valence-corrected chi connectivity index (χ2v) is 9.86. The highest BCUT2D eigenvalue weighted by atomic mass is 19.4. The molecule has 0 spiro atoms. The van der Waals surface area contributed by atoms with Gasteiger partial charge in [-0.05, 0) is 41.0 Å². The number of para-hydroxylation sites is 2. The van der Waals surface area contributed by atoms with Crippen molar-refractivity contribution in [2.24, 2.45) is 0 Å². The topological polar surface area (TPSA) is 3.24 Å². The fraction of sp³-hybridized carbons (Fsp3) is 0.172. The van der Waals surface area contributed by atoms with Crippen molar-refractivity contribution in [1.29, 1.82) is 0 Å². The van der Waals surface area contributed by atoms with E-state index in [1.165, 1.54) is 24.3 Å². The Kier molecular flexibility index (Phi) is 6.39. The van der Waals surface area contributed by atoms with Crippen LogP contribution in [0.5, 0.6) is 0 Å². The summed E-state index contributed by atoms with van der Waals surface area (Å²) >= 11 is 0. The van der Waals surface area contributed by atoms with Crippen LogP contribution in [0.1, 0.15) is 36.1 Å². The van der Waals surface area contributed by atoms with Gasteiger partial charge in [0.1, 0.15) is 0 Å². The van der Waals surface area contributed by atoms with Gasteiger partial charge >= 0.3 is 12.4 Å². The molecular formula is C29H16F11N. The average Bonchev–Trinajstić information content (AvgIpc) is 2.90. The van der Waals surface area contributed by atoms with Gasteiger partial charge in [-0.2, -0.15) is 26.3 Å². The maximum atomic E-state index is 14.6. The zero-order chi connectivity index (χ0) is 30.2. The van der Waals surface area contributed by atoms with E-state index in [1.54, 1.807) is 38.1 Å². The number of fused-ring (bicyclic) bond motifs is 2. The molecule has 0 aromatic heterocycles. The monoisotopic (exact) mass is 587 g/mol. The molecule has 0 bridgehead atoms. The van der Waals surface area contributed by atoms with Gasteiger partial charge in [-0.1, -0.05) is 50.2 Å². The zero-order valence-corrected chi connectivity index (χ0v) is 20.9. The first kappa shape index (κ1) is 28.4. The van der Waals surface area contributed by atoms with Crippen LogP contribution in [-0.4, -0.2) is 0 Å². The van der Waals surface area contributed by atoms with Crippen molar-refractivity contribution in [1.82, 2.24) is 0 Å². The zero-order valence-electron chi connectivity index (χ0n) is 20.9. The lowest BCUT2D eigenvalue weighted by atomic mass is 9.73. The Labute approximate surface area is 225 Å². The van der Waals surface area contributed by atoms with E-state index in [9.17, 15) is 48.3 Å². The number of hydrogen-bond acceptors (Lipinski definition) is 1. The SMILES string of the molecule is CC1(C)c2ccccc2N(c2c(C(F)(F)F)cc(-c3c(F)c(F)c(F)c(F)c3F)cc2C(F)(F)F)c2ccccc21. The number of hydrogen-bond donors (Lipinski definition) is 0. The molecule has 0 amide bonds. The van der Waals surface area contributed by atoms with Gasteiger partial charge in [0, 0.05) is 5.41 Å². The number of benzene rings is 4. The largest absolute Gasteiger partial charge is 0.418 e. The van der Waals surface area contributed by atoms with E-state index in [4.69, 9.17) is 0 Å². The lowest BCUT2D eigenvalue weighted by Gasteiger charge is -2.43. The summed E-state index contributed by atoms with van der Waals surface area (Å²) in [5, 5.41) is 0. The van der Waals surface area contributed by atoms with Crippen molar-refractivity contribution in [2.75, 3.05) is 4.90 Å². The quantitative estimate of drug-likeness (QED) is 0.128. The molecule has 0 radical (unpaired) electrons. The van der Waals surface area contributed by atoms with Gasteiger partial charge in [-0.15, -0.1) is 0 Å². The summed E-state index contributed by atoms with van der Waals surface area (Å²) in [6.07, 6.45) is -11.2. The molecular weight excluding hydrogens is 571 g/mol. The smallest absolute Gasteiger partial charge is 0.309 e. The van der Waals surface area contributed by atoms with Crippen molar-refractivity contribution in [3.8, 4) is 11.1 Å². The summed E-state index contributed by atoms with van der Waals surface area (Å²) in [7, 11) is 0. The summed E-state index contributed by atoms with van der Waals surface area (Å²) in [5.74, 6) is -12.8. The number of anilines is 3. The van der Waals surface area contributed by atoms with E-state index >= 15 is 0 Å². The van der Waals surface area contributed by atoms with Crippen LogP contribution in [0, 0.1) is 29.1 Å². The molecule has 1 heterocycles. The van der Waals surface area contributed by atoms with Gasteiger partial charge in [0.25, 0.3) is 0 Å². The summed E-state index contributed by atoms with van der Waals surface area (Å²) in [5.41, 5.74) is -9.03. The van der Waals surface area contributed by atoms with Crippen LogP contribution >= 0.6 is 0 Å². The first-order valence-corrected chi connectivity index (χ1v) is 11.8. The minimum Gasteiger partial charge on any atom is -0.309 e. The van der Waals surface area contributed by atoms with Crippen LogP contribution < -0.4 is 4.90 Å². The number of nitrogens with zero attached hydrogens (tertiary/aromatic N) is 1. The Hall–Kier alpha value is -4.09. The van der Waals surface area contributed by atoms with Crippen molar-refractivity contribution in [2.45, 2.75) is 31.6 Å². The molecule has 1 aliphatic rings. The Morgan fingerprint density at radius 3 is 1.32 bits per heavy atom. The molecule has 214 valence electrons. The van der Waals surface area contributed by atoms with Crippen molar-refractivity contribution < 1.29 is 48.3 Å². The fourth-order valence-corrected chi connectivity index (χ4v) is 5.22. The second kappa shape index (κ2) is 9.22. The molecule has 0 atom stereocenters. The average molecular weight is 587 g/mol. The van der Waals surface area contributed by atoms with Crippen molar-refractivity contribution in [3.63, 3.8) is 0 Å². The number of rotatable bonds is 2. The van der Waals surface area contributed by atoms with E-state index in [-0.39, 0.29) is 23.5 Å². The Balaban J connectivity index is 1.96. The summed E-state index contributed by atoms with van der Waals surface area (Å²) < 4.78 is 158. The van der Waals surface area contributed by atoms with Gasteiger partial charge in [-0.3, -0.25) is 0 Å². The van der Waals surface area contributed by atoms with E-state index < -0.39 is 74.8 Å². The fourth-order valence-electron chi connectivity index (χ4n) is 5.22. The molecule has 12 heteroatoms. The predicted molar refractivity (Wildman–Crippen MR) is 128 cm³/mol. The third-order valence-corrected chi connectivity index (χ3v) is 7.08. The van der Waals surface area contributed by atoms with Gasteiger partial charge in [-0.25, -0.2) is 22.0 Å². The first-order chi connectivity index (χ1) is 19.0. The van der Waals surface area contributed by atoms with Gasteiger partial charge < -0.3 is 4.90 Å². The third kappa shape index (κ3) is 4.31. The van der Waals surface area contributed by atoms with Gasteiger partial charge in [0.2, 0.25) is 5.82 Å². The van der Waals surface area contributed by atoms with Gasteiger partial charge in [0.15, 0.2) is 23.3 Å².